The first-order valence-corrected chi connectivity index (χ1v) is 7.19. The third-order valence-electron chi connectivity index (χ3n) is 2.61. The van der Waals surface area contributed by atoms with Gasteiger partial charge < -0.3 is 9.64 Å². The van der Waals surface area contributed by atoms with Crippen LogP contribution in [0.15, 0.2) is 24.3 Å². The highest BCUT2D eigenvalue weighted by Crippen LogP contribution is 2.16. The maximum absolute atomic E-state index is 12.0. The summed E-state index contributed by atoms with van der Waals surface area (Å²) in [5, 5.41) is 7.62. The number of nitrogens with zero attached hydrogens (tertiary/aromatic N) is 3. The molecule has 0 fully saturated rings. The highest BCUT2D eigenvalue weighted by Gasteiger charge is 2.16. The molecule has 0 aliphatic rings. The summed E-state index contributed by atoms with van der Waals surface area (Å²) in [5.41, 5.74) is 1.13. The molecule has 0 aliphatic heterocycles. The number of aromatic nitrogens is 2. The third-order valence-corrected chi connectivity index (χ3v) is 3.62. The minimum Gasteiger partial charge on any atom is -0.492 e. The van der Waals surface area contributed by atoms with Gasteiger partial charge in [0.1, 0.15) is 12.4 Å². The zero-order chi connectivity index (χ0) is 14.5. The topological polar surface area (TPSA) is 55.3 Å². The van der Waals surface area contributed by atoms with Crippen LogP contribution in [0.1, 0.15) is 15.4 Å². The van der Waals surface area contributed by atoms with Crippen molar-refractivity contribution in [2.45, 2.75) is 6.92 Å². The summed E-state index contributed by atoms with van der Waals surface area (Å²) >= 11 is 6.72. The molecule has 0 saturated carbocycles. The molecule has 1 aromatic carbocycles. The minimum atomic E-state index is -0.206. The summed E-state index contributed by atoms with van der Waals surface area (Å²) in [6.45, 7) is 2.88. The first-order valence-electron chi connectivity index (χ1n) is 6.00. The molecule has 0 N–H and O–H groups in total. The van der Waals surface area contributed by atoms with Crippen LogP contribution < -0.4 is 4.74 Å². The second-order valence-corrected chi connectivity index (χ2v) is 5.81. The zero-order valence-corrected chi connectivity index (χ0v) is 12.7. The maximum atomic E-state index is 12.0. The summed E-state index contributed by atoms with van der Waals surface area (Å²) < 4.78 is 5.86. The number of aryl methyl sites for hydroxylation is 1. The monoisotopic (exact) mass is 311 g/mol. The Labute approximate surface area is 126 Å². The summed E-state index contributed by atoms with van der Waals surface area (Å²) in [6.07, 6.45) is 0. The minimum absolute atomic E-state index is 0.206. The third kappa shape index (κ3) is 3.91. The van der Waals surface area contributed by atoms with Gasteiger partial charge in [0.2, 0.25) is 9.47 Å². The normalized spacial score (nSPS) is 10.3. The molecular weight excluding hydrogens is 298 g/mol. The van der Waals surface area contributed by atoms with Gasteiger partial charge in [0, 0.05) is 7.05 Å². The molecule has 1 heterocycles. The summed E-state index contributed by atoms with van der Waals surface area (Å²) in [5.74, 6) is 0.590. The number of benzene rings is 1. The summed E-state index contributed by atoms with van der Waals surface area (Å²) in [4.78, 5) is 13.5. The molecule has 2 aromatic rings. The van der Waals surface area contributed by atoms with E-state index in [1.165, 1.54) is 4.90 Å². The molecule has 0 atom stereocenters. The number of likely N-dealkylation sites (N-methyl/N-ethyl adjacent to an activating group) is 1. The number of amides is 1. The van der Waals surface area contributed by atoms with E-state index in [1.54, 1.807) is 7.05 Å². The molecule has 5 nitrogen and oxygen atoms in total. The molecule has 0 aliphatic carbocycles. The highest BCUT2D eigenvalue weighted by atomic mass is 35.5. The fourth-order valence-corrected chi connectivity index (χ4v) is 2.39. The van der Waals surface area contributed by atoms with Crippen LogP contribution in [0.3, 0.4) is 0 Å². The van der Waals surface area contributed by atoms with E-state index in [1.807, 2.05) is 31.2 Å². The molecule has 0 bridgehead atoms. The van der Waals surface area contributed by atoms with Gasteiger partial charge in [0.05, 0.1) is 6.54 Å². The Morgan fingerprint density at radius 2 is 2.25 bits per heavy atom. The molecule has 20 heavy (non-hydrogen) atoms. The highest BCUT2D eigenvalue weighted by molar-refractivity contribution is 7.17. The SMILES string of the molecule is Cc1cccc(OCCN(C)C(=O)c2nnc(Cl)s2)c1. The Bertz CT molecular complexity index is 603. The van der Waals surface area contributed by atoms with Crippen LogP contribution in [-0.4, -0.2) is 41.2 Å². The van der Waals surface area contributed by atoms with E-state index in [0.29, 0.717) is 13.2 Å². The van der Waals surface area contributed by atoms with Crippen molar-refractivity contribution in [2.75, 3.05) is 20.2 Å². The Balaban J connectivity index is 1.83. The molecule has 0 radical (unpaired) electrons. The first-order chi connectivity index (χ1) is 9.56. The van der Waals surface area contributed by atoms with Crippen molar-refractivity contribution in [1.82, 2.24) is 15.1 Å². The van der Waals surface area contributed by atoms with Gasteiger partial charge in [0.15, 0.2) is 0 Å². The van der Waals surface area contributed by atoms with Crippen molar-refractivity contribution in [1.29, 1.82) is 0 Å². The lowest BCUT2D eigenvalue weighted by Crippen LogP contribution is -2.30. The Morgan fingerprint density at radius 3 is 2.90 bits per heavy atom. The molecule has 1 amide bonds. The van der Waals surface area contributed by atoms with Crippen LogP contribution >= 0.6 is 22.9 Å². The molecule has 7 heteroatoms. The standard InChI is InChI=1S/C13H14ClN3O2S/c1-9-4-3-5-10(8-9)19-7-6-17(2)12(18)11-15-16-13(14)20-11/h3-5,8H,6-7H2,1-2H3. The lowest BCUT2D eigenvalue weighted by molar-refractivity contribution is 0.0772. The molecule has 1 aromatic heterocycles. The van der Waals surface area contributed by atoms with Gasteiger partial charge in [-0.25, -0.2) is 0 Å². The number of carbonyl (C=O) groups excluding carboxylic acids is 1. The van der Waals surface area contributed by atoms with E-state index in [2.05, 4.69) is 10.2 Å². The zero-order valence-electron chi connectivity index (χ0n) is 11.2. The van der Waals surface area contributed by atoms with Crippen LogP contribution in [0.4, 0.5) is 0 Å². The van der Waals surface area contributed by atoms with E-state index in [9.17, 15) is 4.79 Å². The van der Waals surface area contributed by atoms with E-state index < -0.39 is 0 Å². The van der Waals surface area contributed by atoms with Crippen molar-refractivity contribution in [3.8, 4) is 5.75 Å². The van der Waals surface area contributed by atoms with Crippen molar-refractivity contribution in [3.63, 3.8) is 0 Å². The van der Waals surface area contributed by atoms with Gasteiger partial charge >= 0.3 is 0 Å². The fourth-order valence-electron chi connectivity index (χ4n) is 1.56. The summed E-state index contributed by atoms with van der Waals surface area (Å²) in [7, 11) is 1.69. The largest absolute Gasteiger partial charge is 0.492 e. The lowest BCUT2D eigenvalue weighted by Gasteiger charge is -2.15. The average molecular weight is 312 g/mol. The molecule has 0 spiro atoms. The van der Waals surface area contributed by atoms with Crippen molar-refractivity contribution < 1.29 is 9.53 Å². The van der Waals surface area contributed by atoms with Crippen LogP contribution in [0.2, 0.25) is 4.47 Å². The molecular formula is C13H14ClN3O2S. The van der Waals surface area contributed by atoms with Crippen molar-refractivity contribution in [2.24, 2.45) is 0 Å². The number of carbonyl (C=O) groups is 1. The number of ether oxygens (including phenoxy) is 1. The van der Waals surface area contributed by atoms with E-state index >= 15 is 0 Å². The van der Waals surface area contributed by atoms with Crippen LogP contribution in [0, 0.1) is 6.92 Å². The van der Waals surface area contributed by atoms with Crippen molar-refractivity contribution in [3.05, 3.63) is 39.3 Å². The van der Waals surface area contributed by atoms with Gasteiger partial charge in [0.25, 0.3) is 5.91 Å². The quantitative estimate of drug-likeness (QED) is 0.852. The maximum Gasteiger partial charge on any atom is 0.284 e. The predicted octanol–water partition coefficient (Wildman–Crippen LogP) is 2.65. The predicted molar refractivity (Wildman–Crippen MR) is 78.6 cm³/mol. The second-order valence-electron chi connectivity index (χ2n) is 4.25. The molecule has 0 unspecified atom stereocenters. The van der Waals surface area contributed by atoms with Crippen LogP contribution in [0.5, 0.6) is 5.75 Å². The Hall–Kier alpha value is -1.66. The van der Waals surface area contributed by atoms with E-state index in [-0.39, 0.29) is 15.4 Å². The number of rotatable bonds is 5. The number of hydrogen-bond donors (Lipinski definition) is 0. The van der Waals surface area contributed by atoms with Gasteiger partial charge in [-0.1, -0.05) is 23.5 Å². The lowest BCUT2D eigenvalue weighted by atomic mass is 10.2. The number of hydrogen-bond acceptors (Lipinski definition) is 5. The van der Waals surface area contributed by atoms with Gasteiger partial charge in [-0.05, 0) is 36.2 Å². The van der Waals surface area contributed by atoms with Crippen LogP contribution in [0.25, 0.3) is 0 Å². The Kier molecular flexibility index (Phi) is 4.92. The van der Waals surface area contributed by atoms with Crippen LogP contribution in [-0.2, 0) is 0 Å². The van der Waals surface area contributed by atoms with Gasteiger partial charge in [-0.3, -0.25) is 4.79 Å². The first kappa shape index (κ1) is 14.7. The molecule has 106 valence electrons. The van der Waals surface area contributed by atoms with E-state index in [4.69, 9.17) is 16.3 Å². The number of halogens is 1. The Morgan fingerprint density at radius 1 is 1.45 bits per heavy atom. The van der Waals surface area contributed by atoms with E-state index in [0.717, 1.165) is 22.6 Å². The van der Waals surface area contributed by atoms with Crippen molar-refractivity contribution >= 4 is 28.8 Å². The molecule has 0 saturated heterocycles. The smallest absolute Gasteiger partial charge is 0.284 e. The molecule has 2 rings (SSSR count). The fraction of sp³-hybridized carbons (Fsp3) is 0.308. The average Bonchev–Trinajstić information content (AvgIpc) is 2.84. The van der Waals surface area contributed by atoms with Gasteiger partial charge in [-0.2, -0.15) is 0 Å². The second kappa shape index (κ2) is 6.67. The summed E-state index contributed by atoms with van der Waals surface area (Å²) in [6, 6.07) is 7.77. The van der Waals surface area contributed by atoms with Gasteiger partial charge in [-0.15, -0.1) is 10.2 Å².